The fourth-order valence-corrected chi connectivity index (χ4v) is 4.00. The van der Waals surface area contributed by atoms with Gasteiger partial charge in [0.25, 0.3) is 10.0 Å². The maximum absolute atomic E-state index is 14.7. The molecule has 4 rings (SSSR count). The van der Waals surface area contributed by atoms with Gasteiger partial charge in [0, 0.05) is 43.7 Å². The average Bonchev–Trinajstić information content (AvgIpc) is 3.18. The second-order valence-corrected chi connectivity index (χ2v) is 8.06. The molecule has 0 bridgehead atoms. The molecule has 2 aromatic heterocycles. The molecule has 0 radical (unpaired) electrons. The number of benzene rings is 1. The SMILES string of the molecule is [2H]c1nc([2H])c(S(=O)(=O)n2cc(CN3OC(=O)C=C(C([2H])[2H])C(=O)O3)cc2-c2ccccc2F)c([2H])c1[2H]. The number of carbonyl (C=O) groups is 2. The normalized spacial score (nSPS) is 17.8. The largest absolute Gasteiger partial charge is 0.356 e. The van der Waals surface area contributed by atoms with E-state index < -0.39 is 76.1 Å². The Morgan fingerprint density at radius 2 is 2.06 bits per heavy atom. The summed E-state index contributed by atoms with van der Waals surface area (Å²) in [7, 11) is -4.89. The van der Waals surface area contributed by atoms with Gasteiger partial charge in [-0.2, -0.15) is 0 Å². The molecule has 32 heavy (non-hydrogen) atoms. The van der Waals surface area contributed by atoms with Gasteiger partial charge in [-0.1, -0.05) is 12.1 Å². The van der Waals surface area contributed by atoms with Gasteiger partial charge in [-0.25, -0.2) is 26.4 Å². The zero-order valence-corrected chi connectivity index (χ0v) is 16.7. The van der Waals surface area contributed by atoms with Gasteiger partial charge in [0.1, 0.15) is 17.3 Å². The topological polar surface area (TPSA) is 108 Å². The Morgan fingerprint density at radius 1 is 1.25 bits per heavy atom. The lowest BCUT2D eigenvalue weighted by atomic mass is 10.1. The van der Waals surface area contributed by atoms with Crippen molar-refractivity contribution in [3.05, 3.63) is 84.0 Å². The molecule has 1 aliphatic heterocycles. The van der Waals surface area contributed by atoms with Crippen molar-refractivity contribution in [1.29, 1.82) is 0 Å². The highest BCUT2D eigenvalue weighted by atomic mass is 32.2. The molecule has 164 valence electrons. The number of hydrogen-bond donors (Lipinski definition) is 0. The third-order valence-corrected chi connectivity index (χ3v) is 5.68. The van der Waals surface area contributed by atoms with E-state index in [1.165, 1.54) is 18.2 Å². The van der Waals surface area contributed by atoms with Gasteiger partial charge < -0.3 is 9.68 Å². The van der Waals surface area contributed by atoms with Crippen LogP contribution in [-0.4, -0.2) is 34.5 Å². The Kier molecular flexibility index (Phi) is 3.93. The number of rotatable bonds is 5. The van der Waals surface area contributed by atoms with Crippen molar-refractivity contribution in [3.63, 3.8) is 0 Å². The first-order chi connectivity index (χ1) is 17.8. The number of hydrogen-bond acceptors (Lipinski definition) is 8. The third-order valence-electron chi connectivity index (χ3n) is 4.15. The van der Waals surface area contributed by atoms with Crippen LogP contribution in [0.4, 0.5) is 4.39 Å². The minimum atomic E-state index is -4.89. The van der Waals surface area contributed by atoms with Crippen molar-refractivity contribution in [2.24, 2.45) is 0 Å². The predicted octanol–water partition coefficient (Wildman–Crippen LogP) is 2.60. The van der Waals surface area contributed by atoms with Crippen molar-refractivity contribution in [2.45, 2.75) is 18.3 Å². The van der Waals surface area contributed by atoms with Crippen molar-refractivity contribution < 1.29 is 40.3 Å². The predicted molar refractivity (Wildman–Crippen MR) is 108 cm³/mol. The molecule has 0 aliphatic carbocycles. The molecule has 0 fully saturated rings. The van der Waals surface area contributed by atoms with Crippen LogP contribution in [0.25, 0.3) is 11.3 Å². The first-order valence-corrected chi connectivity index (χ1v) is 10.2. The lowest BCUT2D eigenvalue weighted by molar-refractivity contribution is -0.324. The van der Waals surface area contributed by atoms with E-state index in [4.69, 9.17) is 17.9 Å². The third kappa shape index (κ3) is 4.15. The van der Waals surface area contributed by atoms with Gasteiger partial charge >= 0.3 is 11.9 Å². The fourth-order valence-electron chi connectivity index (χ4n) is 2.78. The zero-order chi connectivity index (χ0) is 27.9. The van der Waals surface area contributed by atoms with Crippen LogP contribution < -0.4 is 0 Å². The molecule has 0 unspecified atom stereocenters. The molecular formula is C21H16FN3O6S. The zero-order valence-electron chi connectivity index (χ0n) is 21.9. The van der Waals surface area contributed by atoms with Crippen LogP contribution >= 0.6 is 0 Å². The van der Waals surface area contributed by atoms with Crippen molar-refractivity contribution in [1.82, 2.24) is 14.2 Å². The summed E-state index contributed by atoms with van der Waals surface area (Å²) in [6, 6.07) is 4.47. The average molecular weight is 463 g/mol. The van der Waals surface area contributed by atoms with E-state index in [1.54, 1.807) is 0 Å². The van der Waals surface area contributed by atoms with Crippen LogP contribution in [0.3, 0.4) is 0 Å². The summed E-state index contributed by atoms with van der Waals surface area (Å²) < 4.78 is 88.5. The molecule has 0 saturated heterocycles. The van der Waals surface area contributed by atoms with Crippen LogP contribution in [0.5, 0.6) is 0 Å². The number of nitrogens with zero attached hydrogens (tertiary/aromatic N) is 3. The van der Waals surface area contributed by atoms with Crippen molar-refractivity contribution >= 4 is 22.0 Å². The van der Waals surface area contributed by atoms with E-state index in [0.29, 0.717) is 15.3 Å². The van der Waals surface area contributed by atoms with E-state index in [0.717, 1.165) is 18.3 Å². The van der Waals surface area contributed by atoms with Gasteiger partial charge in [-0.15, -0.1) is 0 Å². The summed E-state index contributed by atoms with van der Waals surface area (Å²) in [4.78, 5) is 36.3. The molecule has 1 aliphatic rings. The maximum Gasteiger partial charge on any atom is 0.356 e. The number of hydroxylamine groups is 2. The van der Waals surface area contributed by atoms with Crippen LogP contribution in [0.2, 0.25) is 0 Å². The second kappa shape index (κ2) is 8.36. The molecular weight excluding hydrogens is 441 g/mol. The molecule has 3 aromatic rings. The minimum Gasteiger partial charge on any atom is -0.328 e. The van der Waals surface area contributed by atoms with Gasteiger partial charge in [-0.05, 0) is 42.7 Å². The molecule has 0 saturated carbocycles. The molecule has 0 spiro atoms. The summed E-state index contributed by atoms with van der Waals surface area (Å²) in [5.74, 6) is -3.20. The second-order valence-electron chi connectivity index (χ2n) is 6.31. The quantitative estimate of drug-likeness (QED) is 0.568. The molecule has 3 heterocycles. The Labute approximate surface area is 190 Å². The first kappa shape index (κ1) is 15.1. The lowest BCUT2D eigenvalue weighted by Crippen LogP contribution is -2.27. The van der Waals surface area contributed by atoms with Crippen LogP contribution in [0.1, 0.15) is 20.7 Å². The first-order valence-electron chi connectivity index (χ1n) is 11.9. The molecule has 1 aromatic carbocycles. The summed E-state index contributed by atoms with van der Waals surface area (Å²) in [5, 5.41) is 0.387. The highest BCUT2D eigenvalue weighted by Gasteiger charge is 2.27. The van der Waals surface area contributed by atoms with Gasteiger partial charge in [0.2, 0.25) is 0 Å². The monoisotopic (exact) mass is 463 g/mol. The molecule has 0 atom stereocenters. The van der Waals surface area contributed by atoms with E-state index in [2.05, 4.69) is 4.98 Å². The summed E-state index contributed by atoms with van der Waals surface area (Å²) >= 11 is 0. The van der Waals surface area contributed by atoms with Crippen molar-refractivity contribution in [2.75, 3.05) is 0 Å². The highest BCUT2D eigenvalue weighted by Crippen LogP contribution is 2.29. The Balaban J connectivity index is 1.83. The number of aromatic nitrogens is 2. The van der Waals surface area contributed by atoms with E-state index in [-0.39, 0.29) is 16.8 Å². The van der Waals surface area contributed by atoms with Crippen LogP contribution in [0.15, 0.2) is 77.5 Å². The van der Waals surface area contributed by atoms with E-state index >= 15 is 0 Å². The Morgan fingerprint density at radius 3 is 2.84 bits per heavy atom. The summed E-state index contributed by atoms with van der Waals surface area (Å²) in [6.45, 7) is -2.43. The molecule has 9 nitrogen and oxygen atoms in total. The van der Waals surface area contributed by atoms with Crippen LogP contribution in [0, 0.1) is 5.82 Å². The Hall–Kier alpha value is -3.83. The number of pyridine rings is 1. The molecule has 0 N–H and O–H groups in total. The summed E-state index contributed by atoms with van der Waals surface area (Å²) in [5.41, 5.74) is -1.12. The molecule has 11 heteroatoms. The lowest BCUT2D eigenvalue weighted by Gasteiger charge is -2.15. The van der Waals surface area contributed by atoms with Crippen molar-refractivity contribution in [3.8, 4) is 11.3 Å². The Bertz CT molecular complexity index is 1610. The van der Waals surface area contributed by atoms with E-state index in [1.807, 2.05) is 0 Å². The highest BCUT2D eigenvalue weighted by molar-refractivity contribution is 7.90. The smallest absolute Gasteiger partial charge is 0.328 e. The maximum atomic E-state index is 14.7. The van der Waals surface area contributed by atoms with Gasteiger partial charge in [0.15, 0.2) is 0 Å². The standard InChI is InChI=1S/C21H16FN3O6S/c1-14-9-20(26)30-25(31-21(14)27)13-15-10-19(17-6-2-3-7-18(17)22)24(12-15)32(28,29)16-5-4-8-23-11-16/h2-12H,13H2,1H3/i1D2,4D,5D,8D,11D. The molecule has 0 amide bonds. The van der Waals surface area contributed by atoms with E-state index in [9.17, 15) is 22.4 Å². The van der Waals surface area contributed by atoms with Gasteiger partial charge in [0.05, 0.1) is 11.2 Å². The number of halogens is 1. The number of carbonyl (C=O) groups excluding carboxylic acids is 2. The van der Waals surface area contributed by atoms with Gasteiger partial charge in [-0.3, -0.25) is 4.98 Å². The minimum absolute atomic E-state index is 0.0154. The summed E-state index contributed by atoms with van der Waals surface area (Å²) in [6.07, 6.45) is -0.199. The van der Waals surface area contributed by atoms with Crippen LogP contribution in [-0.2, 0) is 35.8 Å². The fraction of sp³-hybridized carbons (Fsp3) is 0.0952.